The van der Waals surface area contributed by atoms with Crippen molar-refractivity contribution in [3.05, 3.63) is 42.2 Å². The highest BCUT2D eigenvalue weighted by atomic mass is 19.3. The largest absolute Gasteiger partial charge is 0.462 e. The van der Waals surface area contributed by atoms with Gasteiger partial charge < -0.3 is 13.7 Å². The van der Waals surface area contributed by atoms with Crippen LogP contribution in [0.15, 0.2) is 40.8 Å². The molecule has 1 saturated heterocycles. The van der Waals surface area contributed by atoms with Crippen LogP contribution < -0.4 is 0 Å². The van der Waals surface area contributed by atoms with E-state index in [-0.39, 0.29) is 17.7 Å². The minimum Gasteiger partial charge on any atom is -0.456 e. The maximum atomic E-state index is 13.5. The smallest absolute Gasteiger partial charge is 0.456 e. The summed E-state index contributed by atoms with van der Waals surface area (Å²) < 4.78 is 44.1. The highest BCUT2D eigenvalue weighted by Gasteiger charge is 2.51. The first-order valence-electron chi connectivity index (χ1n) is 7.58. The maximum absolute atomic E-state index is 13.5. The van der Waals surface area contributed by atoms with Gasteiger partial charge in [-0.05, 0) is 39.8 Å². The first-order chi connectivity index (χ1) is 10.7. The number of allylic oxidation sites excluding steroid dienone is 1. The fourth-order valence-corrected chi connectivity index (χ4v) is 2.62. The van der Waals surface area contributed by atoms with Crippen molar-refractivity contribution in [1.29, 1.82) is 0 Å². The molecule has 0 saturated carbocycles. The summed E-state index contributed by atoms with van der Waals surface area (Å²) in [6.45, 7) is 7.57. The van der Waals surface area contributed by atoms with Gasteiger partial charge in [0, 0.05) is 11.7 Å². The van der Waals surface area contributed by atoms with Crippen LogP contribution in [-0.4, -0.2) is 18.3 Å². The van der Waals surface area contributed by atoms with E-state index in [0.29, 0.717) is 5.58 Å². The number of para-hydroxylation sites is 1. The second-order valence-electron chi connectivity index (χ2n) is 6.78. The molecule has 1 fully saturated rings. The third-order valence-electron chi connectivity index (χ3n) is 4.62. The molecule has 0 atom stereocenters. The molecule has 0 N–H and O–H groups in total. The van der Waals surface area contributed by atoms with E-state index in [1.165, 1.54) is 0 Å². The minimum atomic E-state index is -1.78. The van der Waals surface area contributed by atoms with Crippen molar-refractivity contribution < 1.29 is 22.5 Å². The van der Waals surface area contributed by atoms with Gasteiger partial charge in [-0.25, -0.2) is 0 Å². The van der Waals surface area contributed by atoms with E-state index in [4.69, 9.17) is 13.7 Å². The number of fused-ring (bicyclic) bond motifs is 1. The molecular weight excluding hydrogens is 301 g/mol. The molecule has 23 heavy (non-hydrogen) atoms. The zero-order chi connectivity index (χ0) is 16.8. The van der Waals surface area contributed by atoms with Crippen LogP contribution in [-0.2, 0) is 9.31 Å². The van der Waals surface area contributed by atoms with Gasteiger partial charge >= 0.3 is 7.12 Å². The quantitative estimate of drug-likeness (QED) is 0.735. The van der Waals surface area contributed by atoms with E-state index in [0.717, 1.165) is 5.39 Å². The van der Waals surface area contributed by atoms with E-state index in [1.807, 2.05) is 39.8 Å². The second-order valence-corrected chi connectivity index (χ2v) is 6.78. The van der Waals surface area contributed by atoms with E-state index in [2.05, 4.69) is 0 Å². The minimum absolute atomic E-state index is 0.0605. The zero-order valence-corrected chi connectivity index (χ0v) is 13.7. The summed E-state index contributed by atoms with van der Waals surface area (Å²) in [5.74, 6) is 0.154. The summed E-state index contributed by atoms with van der Waals surface area (Å²) in [5.41, 5.74) is -0.706. The van der Waals surface area contributed by atoms with E-state index in [1.54, 1.807) is 18.2 Å². The monoisotopic (exact) mass is 320 g/mol. The molecule has 0 radical (unpaired) electrons. The Hall–Kier alpha value is -1.66. The first-order valence-corrected chi connectivity index (χ1v) is 7.58. The Kier molecular flexibility index (Phi) is 3.85. The predicted octanol–water partition coefficient (Wildman–Crippen LogP) is 5.13. The Labute approximate surface area is 134 Å². The molecule has 1 aliphatic heterocycles. The van der Waals surface area contributed by atoms with Crippen molar-refractivity contribution in [3.63, 3.8) is 0 Å². The van der Waals surface area contributed by atoms with E-state index < -0.39 is 24.4 Å². The van der Waals surface area contributed by atoms with Gasteiger partial charge in [0.05, 0.1) is 16.8 Å². The third kappa shape index (κ3) is 2.93. The van der Waals surface area contributed by atoms with E-state index >= 15 is 0 Å². The molecule has 3 nitrogen and oxygen atoms in total. The fourth-order valence-electron chi connectivity index (χ4n) is 2.62. The molecular formula is C17H19BF2O3. The summed E-state index contributed by atoms with van der Waals surface area (Å²) in [7, 11) is -0.732. The van der Waals surface area contributed by atoms with Crippen molar-refractivity contribution in [2.45, 2.75) is 45.2 Å². The Balaban J connectivity index is 1.88. The number of halogens is 2. The predicted molar refractivity (Wildman–Crippen MR) is 86.2 cm³/mol. The molecule has 6 heteroatoms. The van der Waals surface area contributed by atoms with Crippen LogP contribution >= 0.6 is 0 Å². The lowest BCUT2D eigenvalue weighted by Crippen LogP contribution is -2.41. The van der Waals surface area contributed by atoms with Gasteiger partial charge in [-0.3, -0.25) is 0 Å². The van der Waals surface area contributed by atoms with Crippen LogP contribution in [0.25, 0.3) is 16.5 Å². The molecule has 1 aromatic carbocycles. The van der Waals surface area contributed by atoms with Crippen molar-refractivity contribution in [1.82, 2.24) is 0 Å². The van der Waals surface area contributed by atoms with Gasteiger partial charge in [0.25, 0.3) is 6.08 Å². The van der Waals surface area contributed by atoms with Crippen molar-refractivity contribution >= 4 is 23.7 Å². The summed E-state index contributed by atoms with van der Waals surface area (Å²) in [4.78, 5) is 0. The molecule has 0 unspecified atom stereocenters. The van der Waals surface area contributed by atoms with Gasteiger partial charge in [0.15, 0.2) is 0 Å². The summed E-state index contributed by atoms with van der Waals surface area (Å²) in [6.07, 6.45) is -1.84. The Morgan fingerprint density at radius 1 is 1.04 bits per heavy atom. The lowest BCUT2D eigenvalue weighted by molar-refractivity contribution is 0.00578. The lowest BCUT2D eigenvalue weighted by Gasteiger charge is -2.32. The topological polar surface area (TPSA) is 31.6 Å². The summed E-state index contributed by atoms with van der Waals surface area (Å²) in [6, 6.07) is 8.84. The van der Waals surface area contributed by atoms with Crippen molar-refractivity contribution in [3.8, 4) is 0 Å². The molecule has 1 aromatic heterocycles. The number of rotatable bonds is 3. The van der Waals surface area contributed by atoms with Crippen LogP contribution in [0.2, 0.25) is 6.32 Å². The van der Waals surface area contributed by atoms with Crippen molar-refractivity contribution in [2.75, 3.05) is 0 Å². The highest BCUT2D eigenvalue weighted by molar-refractivity contribution is 6.48. The van der Waals surface area contributed by atoms with Crippen LogP contribution in [0.5, 0.6) is 0 Å². The van der Waals surface area contributed by atoms with Gasteiger partial charge in [0.1, 0.15) is 11.3 Å². The van der Waals surface area contributed by atoms with Gasteiger partial charge in [-0.15, -0.1) is 0 Å². The molecule has 0 aliphatic carbocycles. The first kappa shape index (κ1) is 16.2. The standard InChI is InChI=1S/C17H19BF2O3/c1-16(2)17(3,4)23-18(22-16)10-12(15(19)20)14-9-11-7-5-6-8-13(11)21-14/h5-9H,10H2,1-4H3. The SMILES string of the molecule is CC1(C)OB(CC(=C(F)F)c2cc3ccccc3o2)OC1(C)C. The zero-order valence-electron chi connectivity index (χ0n) is 13.7. The maximum Gasteiger partial charge on any atom is 0.462 e. The number of hydrogen-bond donors (Lipinski definition) is 0. The number of hydrogen-bond acceptors (Lipinski definition) is 3. The lowest BCUT2D eigenvalue weighted by atomic mass is 9.80. The molecule has 0 spiro atoms. The van der Waals surface area contributed by atoms with Crippen LogP contribution in [0, 0.1) is 0 Å². The second kappa shape index (κ2) is 5.46. The average Bonchev–Trinajstić information content (AvgIpc) is 2.94. The summed E-state index contributed by atoms with van der Waals surface area (Å²) in [5, 5.41) is 0.787. The molecule has 0 amide bonds. The molecule has 2 aromatic rings. The van der Waals surface area contributed by atoms with Gasteiger partial charge in [0.2, 0.25) is 0 Å². The summed E-state index contributed by atoms with van der Waals surface area (Å²) >= 11 is 0. The Morgan fingerprint density at radius 3 is 2.22 bits per heavy atom. The molecule has 0 bridgehead atoms. The fraction of sp³-hybridized carbons (Fsp3) is 0.412. The average molecular weight is 320 g/mol. The third-order valence-corrected chi connectivity index (χ3v) is 4.62. The van der Waals surface area contributed by atoms with Crippen LogP contribution in [0.4, 0.5) is 8.78 Å². The highest BCUT2D eigenvalue weighted by Crippen LogP contribution is 2.40. The van der Waals surface area contributed by atoms with Gasteiger partial charge in [-0.2, -0.15) is 8.78 Å². The van der Waals surface area contributed by atoms with Crippen molar-refractivity contribution in [2.24, 2.45) is 0 Å². The molecule has 1 aliphatic rings. The van der Waals surface area contributed by atoms with Crippen LogP contribution in [0.3, 0.4) is 0 Å². The molecule has 122 valence electrons. The normalized spacial score (nSPS) is 19.3. The Bertz CT molecular complexity index is 711. The van der Waals surface area contributed by atoms with Gasteiger partial charge in [-0.1, -0.05) is 18.2 Å². The number of furan rings is 1. The van der Waals surface area contributed by atoms with E-state index in [9.17, 15) is 8.78 Å². The molecule has 3 rings (SSSR count). The number of benzene rings is 1. The van der Waals surface area contributed by atoms with Crippen LogP contribution in [0.1, 0.15) is 33.5 Å². The molecule has 2 heterocycles. The Morgan fingerprint density at radius 2 is 1.65 bits per heavy atom.